The van der Waals surface area contributed by atoms with E-state index in [-0.39, 0.29) is 0 Å². The molecule has 1 aliphatic carbocycles. The first kappa shape index (κ1) is 15.3. The van der Waals surface area contributed by atoms with Crippen LogP contribution >= 0.6 is 0 Å². The van der Waals surface area contributed by atoms with Gasteiger partial charge in [-0.15, -0.1) is 0 Å². The van der Waals surface area contributed by atoms with E-state index in [0.717, 1.165) is 24.9 Å². The van der Waals surface area contributed by atoms with Crippen molar-refractivity contribution < 1.29 is 5.11 Å². The number of phenolic OH excluding ortho intramolecular Hbond substituents is 1. The van der Waals surface area contributed by atoms with Crippen molar-refractivity contribution in [1.29, 1.82) is 0 Å². The van der Waals surface area contributed by atoms with Crippen molar-refractivity contribution in [2.45, 2.75) is 51.6 Å². The fraction of sp³-hybridized carbons (Fsp3) is 0.647. The summed E-state index contributed by atoms with van der Waals surface area (Å²) >= 11 is 0. The highest BCUT2D eigenvalue weighted by atomic mass is 16.3. The third kappa shape index (κ3) is 3.74. The van der Waals surface area contributed by atoms with Crippen LogP contribution in [0.4, 0.5) is 0 Å². The van der Waals surface area contributed by atoms with Crippen molar-refractivity contribution >= 4 is 0 Å². The molecule has 0 radical (unpaired) electrons. The molecule has 112 valence electrons. The van der Waals surface area contributed by atoms with E-state index < -0.39 is 0 Å². The van der Waals surface area contributed by atoms with Crippen LogP contribution in [0.2, 0.25) is 0 Å². The largest absolute Gasteiger partial charge is 0.508 e. The number of fused-ring (bicyclic) bond motifs is 1. The summed E-state index contributed by atoms with van der Waals surface area (Å²) in [4.78, 5) is 2.39. The van der Waals surface area contributed by atoms with Gasteiger partial charge in [-0.2, -0.15) is 0 Å². The monoisotopic (exact) mass is 276 g/mol. The Kier molecular flexibility index (Phi) is 5.44. The summed E-state index contributed by atoms with van der Waals surface area (Å²) < 4.78 is 0. The molecule has 1 unspecified atom stereocenters. The topological polar surface area (TPSA) is 35.5 Å². The average Bonchev–Trinajstić information content (AvgIpc) is 2.83. The van der Waals surface area contributed by atoms with E-state index in [2.05, 4.69) is 37.2 Å². The molecule has 0 saturated carbocycles. The third-order valence-electron chi connectivity index (χ3n) is 4.46. The lowest BCUT2D eigenvalue weighted by atomic mass is 10.1. The molecule has 0 aromatic heterocycles. The van der Waals surface area contributed by atoms with Gasteiger partial charge in [-0.25, -0.2) is 0 Å². The zero-order valence-corrected chi connectivity index (χ0v) is 13.0. The maximum Gasteiger partial charge on any atom is 0.119 e. The van der Waals surface area contributed by atoms with E-state index in [0.29, 0.717) is 17.8 Å². The Bertz CT molecular complexity index is 431. The number of rotatable bonds is 7. The molecule has 0 heterocycles. The molecule has 20 heavy (non-hydrogen) atoms. The van der Waals surface area contributed by atoms with Crippen molar-refractivity contribution in [1.82, 2.24) is 10.2 Å². The van der Waals surface area contributed by atoms with Crippen molar-refractivity contribution in [3.05, 3.63) is 29.3 Å². The summed E-state index contributed by atoms with van der Waals surface area (Å²) in [5, 5.41) is 13.5. The molecular weight excluding hydrogens is 248 g/mol. The second-order valence-corrected chi connectivity index (χ2v) is 6.17. The third-order valence-corrected chi connectivity index (χ3v) is 4.46. The van der Waals surface area contributed by atoms with Gasteiger partial charge in [0.1, 0.15) is 5.75 Å². The highest BCUT2D eigenvalue weighted by Crippen LogP contribution is 2.36. The smallest absolute Gasteiger partial charge is 0.119 e. The van der Waals surface area contributed by atoms with E-state index in [4.69, 9.17) is 0 Å². The molecule has 0 fully saturated rings. The van der Waals surface area contributed by atoms with Gasteiger partial charge in [-0.3, -0.25) is 0 Å². The van der Waals surface area contributed by atoms with Crippen molar-refractivity contribution in [3.8, 4) is 5.75 Å². The van der Waals surface area contributed by atoms with Crippen molar-refractivity contribution in [2.75, 3.05) is 20.1 Å². The SMILES string of the molecule is CC(C)N(C)CCCCNC1CCc2c(O)cccc21. The number of benzene rings is 1. The predicted octanol–water partition coefficient (Wildman–Crippen LogP) is 3.09. The molecule has 0 saturated heterocycles. The molecule has 1 aliphatic rings. The molecule has 0 spiro atoms. The van der Waals surface area contributed by atoms with E-state index in [9.17, 15) is 5.11 Å². The maximum atomic E-state index is 9.84. The molecular formula is C17H28N2O. The van der Waals surface area contributed by atoms with Crippen LogP contribution < -0.4 is 5.32 Å². The summed E-state index contributed by atoms with van der Waals surface area (Å²) in [5.74, 6) is 0.463. The number of hydrogen-bond donors (Lipinski definition) is 2. The van der Waals surface area contributed by atoms with E-state index >= 15 is 0 Å². The maximum absolute atomic E-state index is 9.84. The van der Waals surface area contributed by atoms with Gasteiger partial charge >= 0.3 is 0 Å². The molecule has 1 aromatic rings. The van der Waals surface area contributed by atoms with Gasteiger partial charge in [-0.1, -0.05) is 12.1 Å². The van der Waals surface area contributed by atoms with E-state index in [1.54, 1.807) is 6.07 Å². The molecule has 3 nitrogen and oxygen atoms in total. The highest BCUT2D eigenvalue weighted by Gasteiger charge is 2.23. The Labute approximate surface area is 123 Å². The number of hydrogen-bond acceptors (Lipinski definition) is 3. The molecule has 2 rings (SSSR count). The second kappa shape index (κ2) is 7.09. The fourth-order valence-electron chi connectivity index (χ4n) is 2.87. The first-order valence-corrected chi connectivity index (χ1v) is 7.84. The number of aromatic hydroxyl groups is 1. The Balaban J connectivity index is 1.71. The summed E-state index contributed by atoms with van der Waals surface area (Å²) in [6, 6.07) is 6.95. The minimum atomic E-state index is 0.430. The van der Waals surface area contributed by atoms with Gasteiger partial charge in [-0.05, 0) is 76.9 Å². The minimum absolute atomic E-state index is 0.430. The first-order chi connectivity index (χ1) is 9.59. The lowest BCUT2D eigenvalue weighted by molar-refractivity contribution is 0.267. The molecule has 0 aliphatic heterocycles. The van der Waals surface area contributed by atoms with Crippen LogP contribution in [0.3, 0.4) is 0 Å². The van der Waals surface area contributed by atoms with E-state index in [1.165, 1.54) is 24.9 Å². The summed E-state index contributed by atoms with van der Waals surface area (Å²) in [6.07, 6.45) is 4.55. The zero-order valence-electron chi connectivity index (χ0n) is 13.0. The van der Waals surface area contributed by atoms with Crippen LogP contribution in [-0.2, 0) is 6.42 Å². The van der Waals surface area contributed by atoms with Gasteiger partial charge in [0.15, 0.2) is 0 Å². The standard InChI is InChI=1S/C17H28N2O/c1-13(2)19(3)12-5-4-11-18-16-10-9-15-14(16)7-6-8-17(15)20/h6-8,13,16,18,20H,4-5,9-12H2,1-3H3. The highest BCUT2D eigenvalue weighted by molar-refractivity contribution is 5.44. The predicted molar refractivity (Wildman–Crippen MR) is 84.2 cm³/mol. The summed E-state index contributed by atoms with van der Waals surface area (Å²) in [7, 11) is 2.19. The van der Waals surface area contributed by atoms with Gasteiger partial charge < -0.3 is 15.3 Å². The normalized spacial score (nSPS) is 17.9. The molecule has 3 heteroatoms. The van der Waals surface area contributed by atoms with Crippen LogP contribution in [-0.4, -0.2) is 36.2 Å². The number of unbranched alkanes of at least 4 members (excludes halogenated alkanes) is 1. The van der Waals surface area contributed by atoms with Crippen LogP contribution in [0.15, 0.2) is 18.2 Å². The molecule has 0 amide bonds. The lowest BCUT2D eigenvalue weighted by Crippen LogP contribution is -2.28. The molecule has 1 aromatic carbocycles. The van der Waals surface area contributed by atoms with Crippen LogP contribution in [0.1, 0.15) is 50.3 Å². The Morgan fingerprint density at radius 2 is 2.15 bits per heavy atom. The Morgan fingerprint density at radius 3 is 2.90 bits per heavy atom. The van der Waals surface area contributed by atoms with Gasteiger partial charge in [0.05, 0.1) is 0 Å². The number of phenols is 1. The van der Waals surface area contributed by atoms with Crippen molar-refractivity contribution in [3.63, 3.8) is 0 Å². The Morgan fingerprint density at radius 1 is 1.35 bits per heavy atom. The molecule has 2 N–H and O–H groups in total. The number of nitrogens with one attached hydrogen (secondary N) is 1. The fourth-order valence-corrected chi connectivity index (χ4v) is 2.87. The average molecular weight is 276 g/mol. The second-order valence-electron chi connectivity index (χ2n) is 6.17. The van der Waals surface area contributed by atoms with Crippen LogP contribution in [0.5, 0.6) is 5.75 Å². The van der Waals surface area contributed by atoms with Gasteiger partial charge in [0, 0.05) is 12.1 Å². The quantitative estimate of drug-likeness (QED) is 0.751. The molecule has 0 bridgehead atoms. The van der Waals surface area contributed by atoms with Gasteiger partial charge in [0.25, 0.3) is 0 Å². The summed E-state index contributed by atoms with van der Waals surface area (Å²) in [6.45, 7) is 6.70. The Hall–Kier alpha value is -1.06. The summed E-state index contributed by atoms with van der Waals surface area (Å²) in [5.41, 5.74) is 2.44. The minimum Gasteiger partial charge on any atom is -0.508 e. The van der Waals surface area contributed by atoms with Crippen molar-refractivity contribution in [2.24, 2.45) is 0 Å². The first-order valence-electron chi connectivity index (χ1n) is 7.84. The zero-order chi connectivity index (χ0) is 14.5. The lowest BCUT2D eigenvalue weighted by Gasteiger charge is -2.21. The van der Waals surface area contributed by atoms with E-state index in [1.807, 2.05) is 6.07 Å². The van der Waals surface area contributed by atoms with Crippen LogP contribution in [0.25, 0.3) is 0 Å². The molecule has 1 atom stereocenters. The van der Waals surface area contributed by atoms with Crippen LogP contribution in [0, 0.1) is 0 Å². The van der Waals surface area contributed by atoms with Gasteiger partial charge in [0.2, 0.25) is 0 Å². The number of nitrogens with zero attached hydrogens (tertiary/aromatic N) is 1.